The third-order valence-electron chi connectivity index (χ3n) is 4.10. The highest BCUT2D eigenvalue weighted by Gasteiger charge is 2.31. The Morgan fingerprint density at radius 1 is 1.33 bits per heavy atom. The van der Waals surface area contributed by atoms with Crippen LogP contribution >= 0.6 is 0 Å². The lowest BCUT2D eigenvalue weighted by atomic mass is 9.79. The Bertz CT molecular complexity index is 649. The summed E-state index contributed by atoms with van der Waals surface area (Å²) in [5.41, 5.74) is 3.35. The zero-order valence-electron chi connectivity index (χ0n) is 12.8. The van der Waals surface area contributed by atoms with Gasteiger partial charge in [0.2, 0.25) is 0 Å². The van der Waals surface area contributed by atoms with Gasteiger partial charge in [-0.3, -0.25) is 0 Å². The van der Waals surface area contributed by atoms with Gasteiger partial charge in [0, 0.05) is 5.57 Å². The van der Waals surface area contributed by atoms with Crippen LogP contribution in [0, 0.1) is 11.7 Å². The summed E-state index contributed by atoms with van der Waals surface area (Å²) in [5, 5.41) is 0. The van der Waals surface area contributed by atoms with Crippen molar-refractivity contribution in [3.05, 3.63) is 70.8 Å². The number of rotatable bonds is 2. The number of hydrogen-bond acceptors (Lipinski definition) is 1. The molecule has 1 atom stereocenters. The topological polar surface area (TPSA) is 9.23 Å². The normalized spacial score (nSPS) is 23.4. The third-order valence-corrected chi connectivity index (χ3v) is 4.10. The van der Waals surface area contributed by atoms with Gasteiger partial charge in [-0.25, -0.2) is 4.39 Å². The van der Waals surface area contributed by atoms with Crippen LogP contribution in [0.25, 0.3) is 0 Å². The van der Waals surface area contributed by atoms with Crippen LogP contribution in [0.2, 0.25) is 0 Å². The van der Waals surface area contributed by atoms with Crippen LogP contribution in [0.1, 0.15) is 32.8 Å². The summed E-state index contributed by atoms with van der Waals surface area (Å²) < 4.78 is 19.5. The molecule has 3 rings (SSSR count). The van der Waals surface area contributed by atoms with Crippen LogP contribution in [-0.2, 0) is 11.2 Å². The van der Waals surface area contributed by atoms with Gasteiger partial charge in [-0.05, 0) is 75.0 Å². The lowest BCUT2D eigenvalue weighted by Crippen LogP contribution is -2.28. The van der Waals surface area contributed by atoms with E-state index in [4.69, 9.17) is 4.74 Å². The van der Waals surface area contributed by atoms with Gasteiger partial charge in [0.05, 0.1) is 0 Å². The highest BCUT2D eigenvalue weighted by Crippen LogP contribution is 2.39. The van der Waals surface area contributed by atoms with Crippen LogP contribution < -0.4 is 0 Å². The van der Waals surface area contributed by atoms with Crippen molar-refractivity contribution >= 4 is 0 Å². The summed E-state index contributed by atoms with van der Waals surface area (Å²) in [5.74, 6) is 1.17. The van der Waals surface area contributed by atoms with Crippen LogP contribution in [0.5, 0.6) is 0 Å². The van der Waals surface area contributed by atoms with Gasteiger partial charge < -0.3 is 4.74 Å². The fraction of sp³-hybridized carbons (Fsp3) is 0.368. The van der Waals surface area contributed by atoms with Gasteiger partial charge in [-0.15, -0.1) is 0 Å². The summed E-state index contributed by atoms with van der Waals surface area (Å²) in [6.07, 6.45) is 8.25. The maximum Gasteiger partial charge on any atom is 0.124 e. The van der Waals surface area contributed by atoms with Crippen molar-refractivity contribution in [2.75, 3.05) is 0 Å². The molecule has 0 N–H and O–H groups in total. The lowest BCUT2D eigenvalue weighted by molar-refractivity contribution is 0.0765. The number of benzene rings is 1. The Morgan fingerprint density at radius 2 is 2.14 bits per heavy atom. The highest BCUT2D eigenvalue weighted by atomic mass is 19.1. The van der Waals surface area contributed by atoms with Gasteiger partial charge in [0.1, 0.15) is 17.2 Å². The van der Waals surface area contributed by atoms with E-state index in [-0.39, 0.29) is 11.4 Å². The van der Waals surface area contributed by atoms with Crippen molar-refractivity contribution in [2.24, 2.45) is 5.92 Å². The minimum atomic E-state index is -0.256. The van der Waals surface area contributed by atoms with E-state index in [1.165, 1.54) is 17.2 Å². The Kier molecular flexibility index (Phi) is 3.48. The molecular formula is C19H21FO. The molecule has 1 nitrogen and oxygen atoms in total. The first-order valence-electron chi connectivity index (χ1n) is 7.48. The van der Waals surface area contributed by atoms with E-state index in [9.17, 15) is 4.39 Å². The molecule has 21 heavy (non-hydrogen) atoms. The summed E-state index contributed by atoms with van der Waals surface area (Å²) in [6, 6.07) is 6.90. The minimum absolute atomic E-state index is 0.165. The largest absolute Gasteiger partial charge is 0.483 e. The van der Waals surface area contributed by atoms with Crippen molar-refractivity contribution in [3.8, 4) is 0 Å². The predicted molar refractivity (Wildman–Crippen MR) is 83.3 cm³/mol. The molecule has 1 unspecified atom stereocenters. The average Bonchev–Trinajstić information content (AvgIpc) is 2.36. The zero-order chi connectivity index (χ0) is 15.0. The molecule has 1 aromatic carbocycles. The van der Waals surface area contributed by atoms with Crippen molar-refractivity contribution in [1.29, 1.82) is 0 Å². The third kappa shape index (κ3) is 2.94. The van der Waals surface area contributed by atoms with Crippen LogP contribution in [0.3, 0.4) is 0 Å². The second-order valence-electron chi connectivity index (χ2n) is 6.48. The van der Waals surface area contributed by atoms with E-state index in [1.54, 1.807) is 12.1 Å². The molecule has 0 bridgehead atoms. The van der Waals surface area contributed by atoms with E-state index in [1.807, 2.05) is 6.07 Å². The van der Waals surface area contributed by atoms with Crippen molar-refractivity contribution in [1.82, 2.24) is 0 Å². The maximum absolute atomic E-state index is 13.4. The number of allylic oxidation sites excluding steroid dienone is 4. The van der Waals surface area contributed by atoms with Gasteiger partial charge in [-0.2, -0.15) is 0 Å². The van der Waals surface area contributed by atoms with E-state index in [0.717, 1.165) is 24.2 Å². The predicted octanol–water partition coefficient (Wildman–Crippen LogP) is 4.95. The molecule has 1 heterocycles. The van der Waals surface area contributed by atoms with Crippen molar-refractivity contribution in [2.45, 2.75) is 39.2 Å². The fourth-order valence-electron chi connectivity index (χ4n) is 3.40. The smallest absolute Gasteiger partial charge is 0.124 e. The molecule has 0 radical (unpaired) electrons. The van der Waals surface area contributed by atoms with Crippen LogP contribution in [0.4, 0.5) is 4.39 Å². The standard InChI is InChI=1S/C19H21FO/c1-13-12-19(2,3)21-17-9-5-7-15(18(13)17)10-14-6-4-8-16(20)11-14/h4-6,8-9,11-12,15H,7,10H2,1-3H3. The van der Waals surface area contributed by atoms with Gasteiger partial charge in [0.15, 0.2) is 0 Å². The van der Waals surface area contributed by atoms with Crippen LogP contribution in [0.15, 0.2) is 59.4 Å². The Balaban J connectivity index is 1.90. The first-order valence-corrected chi connectivity index (χ1v) is 7.48. The number of halogens is 1. The summed E-state index contributed by atoms with van der Waals surface area (Å²) in [6.45, 7) is 6.30. The molecule has 110 valence electrons. The fourth-order valence-corrected chi connectivity index (χ4v) is 3.40. The van der Waals surface area contributed by atoms with Gasteiger partial charge in [0.25, 0.3) is 0 Å². The monoisotopic (exact) mass is 284 g/mol. The van der Waals surface area contributed by atoms with E-state index >= 15 is 0 Å². The number of hydrogen-bond donors (Lipinski definition) is 0. The Morgan fingerprint density at radius 3 is 2.90 bits per heavy atom. The van der Waals surface area contributed by atoms with Crippen molar-refractivity contribution in [3.63, 3.8) is 0 Å². The summed E-state index contributed by atoms with van der Waals surface area (Å²) in [7, 11) is 0. The summed E-state index contributed by atoms with van der Waals surface area (Å²) in [4.78, 5) is 0. The Hall–Kier alpha value is -1.83. The molecule has 0 spiro atoms. The molecule has 1 aliphatic carbocycles. The molecule has 0 saturated heterocycles. The first-order chi connectivity index (χ1) is 9.94. The molecule has 0 aromatic heterocycles. The highest BCUT2D eigenvalue weighted by molar-refractivity contribution is 5.45. The first kappa shape index (κ1) is 14.1. The van der Waals surface area contributed by atoms with Gasteiger partial charge >= 0.3 is 0 Å². The quantitative estimate of drug-likeness (QED) is 0.746. The molecule has 2 aliphatic rings. The molecule has 0 amide bonds. The van der Waals surface area contributed by atoms with Gasteiger partial charge in [-0.1, -0.05) is 18.2 Å². The molecular weight excluding hydrogens is 263 g/mol. The maximum atomic E-state index is 13.4. The Labute approximate surface area is 125 Å². The molecule has 0 fully saturated rings. The second-order valence-corrected chi connectivity index (χ2v) is 6.48. The minimum Gasteiger partial charge on any atom is -0.483 e. The average molecular weight is 284 g/mol. The zero-order valence-corrected chi connectivity index (χ0v) is 12.8. The summed E-state index contributed by atoms with van der Waals surface area (Å²) >= 11 is 0. The lowest BCUT2D eigenvalue weighted by Gasteiger charge is -2.36. The molecule has 1 aromatic rings. The van der Waals surface area contributed by atoms with Crippen LogP contribution in [-0.4, -0.2) is 5.60 Å². The van der Waals surface area contributed by atoms with E-state index in [2.05, 4.69) is 39.0 Å². The van der Waals surface area contributed by atoms with Crippen molar-refractivity contribution < 1.29 is 9.13 Å². The molecule has 0 saturated carbocycles. The van der Waals surface area contributed by atoms with E-state index < -0.39 is 0 Å². The SMILES string of the molecule is CC1=CC(C)(C)OC2=C1C(Cc1cccc(F)c1)CC=C2. The molecule has 2 heteroatoms. The molecule has 1 aliphatic heterocycles. The second kappa shape index (κ2) is 5.18. The van der Waals surface area contributed by atoms with E-state index in [0.29, 0.717) is 5.92 Å². The number of ether oxygens (including phenoxy) is 1.